The van der Waals surface area contributed by atoms with Crippen LogP contribution in [0.2, 0.25) is 10.0 Å². The molecule has 6 aromatic rings. The van der Waals surface area contributed by atoms with Gasteiger partial charge in [-0.05, 0) is 162 Å². The molecule has 22 heteroatoms. The van der Waals surface area contributed by atoms with Crippen LogP contribution < -0.4 is 0 Å². The highest BCUT2D eigenvalue weighted by Crippen LogP contribution is 2.41. The number of hydrogen-bond donors (Lipinski definition) is 2. The number of aliphatic hydroxyl groups excluding tert-OH is 2. The molecule has 0 bridgehead atoms. The molecule has 4 aromatic heterocycles. The number of carbonyl (C=O) groups is 4. The number of aromatic nitrogens is 6. The minimum Gasteiger partial charge on any atom is -0.444 e. The van der Waals surface area contributed by atoms with Crippen molar-refractivity contribution in [1.82, 2.24) is 58.5 Å². The number of amides is 4. The predicted octanol–water partition coefficient (Wildman–Crippen LogP) is 7.90. The largest absolute Gasteiger partial charge is 0.444 e. The van der Waals surface area contributed by atoms with Gasteiger partial charge >= 0.3 is 12.2 Å². The van der Waals surface area contributed by atoms with Crippen LogP contribution in [-0.4, -0.2) is 194 Å². The van der Waals surface area contributed by atoms with E-state index in [0.29, 0.717) is 88.3 Å². The van der Waals surface area contributed by atoms with Gasteiger partial charge in [0, 0.05) is 126 Å². The van der Waals surface area contributed by atoms with E-state index in [1.54, 1.807) is 44.6 Å². The first-order valence-corrected chi connectivity index (χ1v) is 31.6. The van der Waals surface area contributed by atoms with Crippen molar-refractivity contribution in [3.63, 3.8) is 0 Å². The third kappa shape index (κ3) is 14.7. The number of fused-ring (bicyclic) bond motifs is 4. The minimum absolute atomic E-state index is 0.0566. The van der Waals surface area contributed by atoms with Crippen LogP contribution in [0.3, 0.4) is 0 Å². The number of carbonyl (C=O) groups excluding carboxylic acids is 4. The fraction of sp³-hybridized carbons (Fsp3) is 0.515. The number of rotatable bonds is 8. The van der Waals surface area contributed by atoms with Gasteiger partial charge in [-0.2, -0.15) is 0 Å². The minimum atomic E-state index is -0.788. The summed E-state index contributed by atoms with van der Waals surface area (Å²) in [6.07, 6.45) is 16.6. The molecule has 4 fully saturated rings. The number of likely N-dealkylation sites (tertiary alicyclic amines) is 2. The second-order valence-corrected chi connectivity index (χ2v) is 27.3. The van der Waals surface area contributed by atoms with E-state index in [-0.39, 0.29) is 48.8 Å². The number of benzene rings is 2. The van der Waals surface area contributed by atoms with E-state index in [4.69, 9.17) is 42.6 Å². The Morgan fingerprint density at radius 2 is 0.943 bits per heavy atom. The lowest BCUT2D eigenvalue weighted by atomic mass is 9.93. The summed E-state index contributed by atoms with van der Waals surface area (Å²) in [5.41, 5.74) is 7.45. The average Bonchev–Trinajstić information content (AvgIpc) is 1.43. The van der Waals surface area contributed by atoms with E-state index in [1.807, 2.05) is 112 Å². The lowest BCUT2D eigenvalue weighted by Gasteiger charge is -2.46. The molecule has 6 aliphatic rings. The topological polar surface area (TPSA) is 208 Å². The lowest BCUT2D eigenvalue weighted by Crippen LogP contribution is -2.63. The monoisotopic (exact) mass is 1240 g/mol. The quantitative estimate of drug-likeness (QED) is 0.149. The zero-order chi connectivity index (χ0) is 62.0. The number of halogens is 2. The number of piperidine rings is 2. The van der Waals surface area contributed by atoms with Crippen molar-refractivity contribution in [2.24, 2.45) is 11.8 Å². The zero-order valence-corrected chi connectivity index (χ0v) is 52.7. The second kappa shape index (κ2) is 26.6. The summed E-state index contributed by atoms with van der Waals surface area (Å²) < 4.78 is 15.5. The molecule has 8 heterocycles. The van der Waals surface area contributed by atoms with Crippen LogP contribution in [0.15, 0.2) is 110 Å². The summed E-state index contributed by atoms with van der Waals surface area (Å²) in [4.78, 5) is 85.1. The third-order valence-electron chi connectivity index (χ3n) is 17.6. The van der Waals surface area contributed by atoms with Crippen LogP contribution in [0, 0.1) is 11.8 Å². The van der Waals surface area contributed by atoms with Gasteiger partial charge < -0.3 is 38.6 Å². The number of pyridine rings is 2. The molecule has 0 radical (unpaired) electrons. The third-order valence-corrected chi connectivity index (χ3v) is 18.1. The van der Waals surface area contributed by atoms with Gasteiger partial charge in [0.15, 0.2) is 0 Å². The molecule has 2 aromatic carbocycles. The molecule has 88 heavy (non-hydrogen) atoms. The number of imidazole rings is 2. The molecule has 12 rings (SSSR count). The van der Waals surface area contributed by atoms with Gasteiger partial charge in [-0.15, -0.1) is 0 Å². The van der Waals surface area contributed by atoms with E-state index in [2.05, 4.69) is 44.0 Å². The van der Waals surface area contributed by atoms with Crippen molar-refractivity contribution >= 4 is 47.2 Å². The van der Waals surface area contributed by atoms with Crippen LogP contribution in [0.4, 0.5) is 9.59 Å². The fourth-order valence-corrected chi connectivity index (χ4v) is 14.3. The van der Waals surface area contributed by atoms with Gasteiger partial charge in [-0.3, -0.25) is 39.2 Å². The lowest BCUT2D eigenvalue weighted by molar-refractivity contribution is -0.144. The Bertz CT molecular complexity index is 3210. The van der Waals surface area contributed by atoms with Crippen molar-refractivity contribution < 1.29 is 38.9 Å². The Labute approximate surface area is 525 Å². The molecule has 2 N–H and O–H groups in total. The molecular weight excluding hydrogens is 1160 g/mol. The summed E-state index contributed by atoms with van der Waals surface area (Å²) >= 11 is 12.9. The first-order valence-electron chi connectivity index (χ1n) is 30.9. The number of piperazine rings is 2. The number of aryl methyl sites for hydroxylation is 4. The van der Waals surface area contributed by atoms with Gasteiger partial charge in [-0.1, -0.05) is 47.5 Å². The van der Waals surface area contributed by atoms with Crippen LogP contribution in [0.1, 0.15) is 111 Å². The Balaban J connectivity index is 0.000000182. The van der Waals surface area contributed by atoms with Gasteiger partial charge in [0.05, 0.1) is 48.3 Å². The first-order chi connectivity index (χ1) is 42.1. The Morgan fingerprint density at radius 3 is 1.33 bits per heavy atom. The van der Waals surface area contributed by atoms with Crippen LogP contribution >= 0.6 is 23.2 Å². The van der Waals surface area contributed by atoms with Crippen molar-refractivity contribution in [2.75, 3.05) is 65.4 Å². The standard InChI is InChI=1S/2C33H41ClN6O4/c2*1-33(2,3)44-32(43)40-14-13-38(30-27-9-8-25(34)16-24(27)7-6-23-5-4-10-36-29(23)30)20-28(40)31(42)39-18-22(15-26(41)19-39)17-37-12-11-35-21-37/h2*4-5,8-12,16,21-22,26,28,30,41H,6-7,13-15,17-20H2,1-3H3/t22?,26?,28-,30+;22?,26?,28-,30-/m11/s1. The van der Waals surface area contributed by atoms with Crippen LogP contribution in [0.5, 0.6) is 0 Å². The number of β-amino-alcohol motifs (C(OH)–C–C–N with tert-alkyl or cyclic N) is 2. The molecule has 20 nitrogen and oxygen atoms in total. The molecule has 0 spiro atoms. The maximum absolute atomic E-state index is 14.4. The maximum Gasteiger partial charge on any atom is 0.411 e. The van der Waals surface area contributed by atoms with Gasteiger partial charge in [0.25, 0.3) is 0 Å². The van der Waals surface area contributed by atoms with Gasteiger partial charge in [0.1, 0.15) is 23.3 Å². The number of hydrogen-bond acceptors (Lipinski definition) is 14. The average molecular weight is 1240 g/mol. The maximum atomic E-state index is 14.4. The van der Waals surface area contributed by atoms with Crippen molar-refractivity contribution in [3.8, 4) is 0 Å². The van der Waals surface area contributed by atoms with Crippen molar-refractivity contribution in [2.45, 2.75) is 141 Å². The number of ether oxygens (including phenoxy) is 2. The smallest absolute Gasteiger partial charge is 0.411 e. The van der Waals surface area contributed by atoms with Crippen LogP contribution in [-0.2, 0) is 57.8 Å². The van der Waals surface area contributed by atoms with E-state index in [9.17, 15) is 29.4 Å². The SMILES string of the molecule is CC(C)(C)OC(=O)N1CCN([C@@H]2c3ccc(Cl)cc3CCc3cccnc32)C[C@@H]1C(=O)N1CC(O)CC(Cn2ccnc2)C1.CC(C)(C)OC(=O)N1CCN([C@H]2c3ccc(Cl)cc3CCc3cccnc32)C[C@@H]1C(=O)N1CC(O)CC(Cn2ccnc2)C1. The highest BCUT2D eigenvalue weighted by Gasteiger charge is 2.47. The Morgan fingerprint density at radius 1 is 0.534 bits per heavy atom. The zero-order valence-electron chi connectivity index (χ0n) is 51.2. The molecule has 468 valence electrons. The summed E-state index contributed by atoms with van der Waals surface area (Å²) in [7, 11) is 0. The highest BCUT2D eigenvalue weighted by molar-refractivity contribution is 6.31. The summed E-state index contributed by atoms with van der Waals surface area (Å²) in [6.45, 7) is 16.0. The van der Waals surface area contributed by atoms with Gasteiger partial charge in [-0.25, -0.2) is 19.6 Å². The Hall–Kier alpha value is -6.94. The fourth-order valence-electron chi connectivity index (χ4n) is 13.9. The second-order valence-electron chi connectivity index (χ2n) is 26.5. The number of nitrogens with zero attached hydrogens (tertiary/aromatic N) is 12. The molecular formula is C66H82Cl2N12O8. The highest BCUT2D eigenvalue weighted by atomic mass is 35.5. The molecule has 2 aliphatic carbocycles. The molecule has 4 aliphatic heterocycles. The first kappa shape index (κ1) is 62.7. The van der Waals surface area contributed by atoms with Crippen molar-refractivity contribution in [1.29, 1.82) is 0 Å². The molecule has 4 unspecified atom stereocenters. The van der Waals surface area contributed by atoms with E-state index in [0.717, 1.165) is 48.2 Å². The van der Waals surface area contributed by atoms with E-state index >= 15 is 0 Å². The molecule has 0 saturated carbocycles. The summed E-state index contributed by atoms with van der Waals surface area (Å²) in [6, 6.07) is 18.2. The summed E-state index contributed by atoms with van der Waals surface area (Å²) in [5, 5.41) is 23.0. The summed E-state index contributed by atoms with van der Waals surface area (Å²) in [5.74, 6) is -0.246. The normalized spacial score (nSPS) is 24.3. The molecule has 4 amide bonds. The van der Waals surface area contributed by atoms with E-state index in [1.165, 1.54) is 22.3 Å². The number of aliphatic hydroxyl groups is 2. The predicted molar refractivity (Wildman–Crippen MR) is 332 cm³/mol. The van der Waals surface area contributed by atoms with Crippen LogP contribution in [0.25, 0.3) is 0 Å². The molecule has 4 saturated heterocycles. The van der Waals surface area contributed by atoms with Crippen molar-refractivity contribution in [3.05, 3.63) is 165 Å². The Kier molecular flexibility index (Phi) is 19.0. The molecule has 8 atom stereocenters. The van der Waals surface area contributed by atoms with E-state index < -0.39 is 47.7 Å². The van der Waals surface area contributed by atoms with Gasteiger partial charge in [0.2, 0.25) is 11.8 Å².